The molecule has 0 unspecified atom stereocenters. The van der Waals surface area contributed by atoms with Gasteiger partial charge in [-0.2, -0.15) is 0 Å². The number of nitrogens with two attached hydrogens (primary N) is 1. The number of ether oxygens (including phenoxy) is 2. The Labute approximate surface area is 117 Å². The number of benzene rings is 1. The predicted octanol–water partition coefficient (Wildman–Crippen LogP) is -0.0418. The van der Waals surface area contributed by atoms with Crippen LogP contribution in [-0.4, -0.2) is 39.5 Å². The minimum Gasteiger partial charge on any atom is -0.490 e. The molecule has 102 valence electrons. The van der Waals surface area contributed by atoms with E-state index < -0.39 is 0 Å². The van der Waals surface area contributed by atoms with Gasteiger partial charge in [0.15, 0.2) is 0 Å². The van der Waals surface area contributed by atoms with E-state index in [2.05, 4.69) is 33.9 Å². The SMILES string of the molecule is Cc1ccc(OCCOCC[NH2+]CC[NH3+])c(Br)c1. The van der Waals surface area contributed by atoms with E-state index in [1.54, 1.807) is 0 Å². The number of hydrogen-bond acceptors (Lipinski definition) is 2. The van der Waals surface area contributed by atoms with Crippen LogP contribution in [-0.2, 0) is 4.74 Å². The molecule has 5 N–H and O–H groups in total. The number of rotatable bonds is 9. The zero-order valence-corrected chi connectivity index (χ0v) is 12.5. The Morgan fingerprint density at radius 1 is 1.22 bits per heavy atom. The highest BCUT2D eigenvalue weighted by Crippen LogP contribution is 2.25. The molecule has 0 amide bonds. The third-order valence-electron chi connectivity index (χ3n) is 2.45. The number of hydrogen-bond donors (Lipinski definition) is 2. The van der Waals surface area contributed by atoms with Crippen LogP contribution < -0.4 is 15.8 Å². The van der Waals surface area contributed by atoms with Crippen LogP contribution in [0.25, 0.3) is 0 Å². The quantitative estimate of drug-likeness (QED) is 0.627. The summed E-state index contributed by atoms with van der Waals surface area (Å²) in [4.78, 5) is 0. The van der Waals surface area contributed by atoms with E-state index in [0.29, 0.717) is 13.2 Å². The number of quaternary nitrogens is 2. The molecule has 0 radical (unpaired) electrons. The lowest BCUT2D eigenvalue weighted by Gasteiger charge is -2.09. The van der Waals surface area contributed by atoms with Crippen molar-refractivity contribution < 1.29 is 20.5 Å². The van der Waals surface area contributed by atoms with Gasteiger partial charge in [-0.15, -0.1) is 0 Å². The molecule has 0 bridgehead atoms. The summed E-state index contributed by atoms with van der Waals surface area (Å²) in [6, 6.07) is 6.06. The molecule has 0 aliphatic heterocycles. The molecule has 0 atom stereocenters. The molecule has 1 aromatic rings. The van der Waals surface area contributed by atoms with E-state index in [0.717, 1.165) is 36.5 Å². The molecule has 0 spiro atoms. The van der Waals surface area contributed by atoms with Gasteiger partial charge < -0.3 is 20.5 Å². The van der Waals surface area contributed by atoms with Crippen molar-refractivity contribution >= 4 is 15.9 Å². The lowest BCUT2D eigenvalue weighted by molar-refractivity contribution is -0.671. The maximum Gasteiger partial charge on any atom is 0.133 e. The first-order chi connectivity index (χ1) is 8.74. The minimum absolute atomic E-state index is 0.580. The zero-order valence-electron chi connectivity index (χ0n) is 11.0. The van der Waals surface area contributed by atoms with Crippen LogP contribution in [0.1, 0.15) is 5.56 Å². The van der Waals surface area contributed by atoms with Crippen molar-refractivity contribution in [2.75, 3.05) is 39.5 Å². The summed E-state index contributed by atoms with van der Waals surface area (Å²) in [5, 5.41) is 2.21. The second kappa shape index (κ2) is 9.33. The van der Waals surface area contributed by atoms with Crippen molar-refractivity contribution in [3.8, 4) is 5.75 Å². The van der Waals surface area contributed by atoms with Gasteiger partial charge >= 0.3 is 0 Å². The molecule has 0 aliphatic rings. The Morgan fingerprint density at radius 3 is 2.78 bits per heavy atom. The van der Waals surface area contributed by atoms with Gasteiger partial charge in [-0.25, -0.2) is 0 Å². The van der Waals surface area contributed by atoms with E-state index in [-0.39, 0.29) is 0 Å². The van der Waals surface area contributed by atoms with E-state index in [1.807, 2.05) is 18.2 Å². The summed E-state index contributed by atoms with van der Waals surface area (Å²) in [6.07, 6.45) is 0. The molecule has 0 saturated heterocycles. The van der Waals surface area contributed by atoms with Crippen molar-refractivity contribution in [1.29, 1.82) is 0 Å². The summed E-state index contributed by atoms with van der Waals surface area (Å²) in [6.45, 7) is 7.04. The van der Waals surface area contributed by atoms with Crippen molar-refractivity contribution in [2.24, 2.45) is 0 Å². The molecule has 1 rings (SSSR count). The monoisotopic (exact) mass is 318 g/mol. The van der Waals surface area contributed by atoms with Crippen LogP contribution in [0.15, 0.2) is 22.7 Å². The molecule has 1 aromatic carbocycles. The molecule has 0 aliphatic carbocycles. The standard InChI is InChI=1S/C13H21BrN2O2/c1-11-2-3-13(12(14)10-11)18-9-8-17-7-6-16-5-4-15/h2-3,10,16H,4-9,15H2,1H3/p+2. The fourth-order valence-corrected chi connectivity index (χ4v) is 2.10. The lowest BCUT2D eigenvalue weighted by Crippen LogP contribution is -2.88. The van der Waals surface area contributed by atoms with Crippen LogP contribution in [0.2, 0.25) is 0 Å². The van der Waals surface area contributed by atoms with Crippen molar-refractivity contribution in [2.45, 2.75) is 6.92 Å². The van der Waals surface area contributed by atoms with Crippen LogP contribution in [0, 0.1) is 6.92 Å². The van der Waals surface area contributed by atoms with E-state index >= 15 is 0 Å². The Bertz CT molecular complexity index is 348. The fraction of sp³-hybridized carbons (Fsp3) is 0.538. The second-order valence-electron chi connectivity index (χ2n) is 4.11. The Kier molecular flexibility index (Phi) is 8.00. The van der Waals surface area contributed by atoms with Gasteiger partial charge in [-0.1, -0.05) is 6.07 Å². The minimum atomic E-state index is 0.580. The predicted molar refractivity (Wildman–Crippen MR) is 74.6 cm³/mol. The smallest absolute Gasteiger partial charge is 0.133 e. The fourth-order valence-electron chi connectivity index (χ4n) is 1.49. The number of halogens is 1. The molecule has 0 fully saturated rings. The van der Waals surface area contributed by atoms with Crippen LogP contribution in [0.3, 0.4) is 0 Å². The van der Waals surface area contributed by atoms with E-state index in [9.17, 15) is 0 Å². The normalized spacial score (nSPS) is 10.6. The molecule has 4 nitrogen and oxygen atoms in total. The van der Waals surface area contributed by atoms with Crippen molar-refractivity contribution in [1.82, 2.24) is 0 Å². The van der Waals surface area contributed by atoms with E-state index in [4.69, 9.17) is 9.47 Å². The summed E-state index contributed by atoms with van der Waals surface area (Å²) >= 11 is 3.48. The van der Waals surface area contributed by atoms with Gasteiger partial charge in [-0.05, 0) is 40.5 Å². The second-order valence-corrected chi connectivity index (χ2v) is 4.97. The van der Waals surface area contributed by atoms with Crippen LogP contribution in [0.5, 0.6) is 5.75 Å². The summed E-state index contributed by atoms with van der Waals surface area (Å²) in [7, 11) is 0. The Balaban J connectivity index is 2.07. The largest absolute Gasteiger partial charge is 0.490 e. The molecule has 0 saturated carbocycles. The third-order valence-corrected chi connectivity index (χ3v) is 3.07. The van der Waals surface area contributed by atoms with Gasteiger partial charge in [0.25, 0.3) is 0 Å². The van der Waals surface area contributed by atoms with Crippen LogP contribution >= 0.6 is 15.9 Å². The maximum atomic E-state index is 5.63. The third kappa shape index (κ3) is 6.35. The van der Waals surface area contributed by atoms with E-state index in [1.165, 1.54) is 5.56 Å². The maximum absolute atomic E-state index is 5.63. The highest BCUT2D eigenvalue weighted by atomic mass is 79.9. The molecule has 18 heavy (non-hydrogen) atoms. The molecule has 5 heteroatoms. The summed E-state index contributed by atoms with van der Waals surface area (Å²) < 4.78 is 12.1. The molecular weight excluding hydrogens is 296 g/mol. The highest BCUT2D eigenvalue weighted by molar-refractivity contribution is 9.10. The molecule has 0 heterocycles. The van der Waals surface area contributed by atoms with Gasteiger partial charge in [0, 0.05) is 0 Å². The summed E-state index contributed by atoms with van der Waals surface area (Å²) in [5.41, 5.74) is 5.00. The van der Waals surface area contributed by atoms with Crippen LogP contribution in [0.4, 0.5) is 0 Å². The molecule has 0 aromatic heterocycles. The average Bonchev–Trinajstić information content (AvgIpc) is 2.35. The van der Waals surface area contributed by atoms with Crippen molar-refractivity contribution in [3.05, 3.63) is 28.2 Å². The molecular formula is C13H23BrN2O2+2. The first-order valence-corrected chi connectivity index (χ1v) is 7.11. The zero-order chi connectivity index (χ0) is 13.2. The summed E-state index contributed by atoms with van der Waals surface area (Å²) in [5.74, 6) is 0.868. The Morgan fingerprint density at radius 2 is 2.06 bits per heavy atom. The average molecular weight is 319 g/mol. The highest BCUT2D eigenvalue weighted by Gasteiger charge is 2.00. The number of aryl methyl sites for hydroxylation is 1. The van der Waals surface area contributed by atoms with Gasteiger partial charge in [0.05, 0.1) is 24.2 Å². The van der Waals surface area contributed by atoms with Gasteiger partial charge in [0.1, 0.15) is 25.4 Å². The topological polar surface area (TPSA) is 62.7 Å². The Hall–Kier alpha value is -0.620. The lowest BCUT2D eigenvalue weighted by atomic mass is 10.2. The van der Waals surface area contributed by atoms with Gasteiger partial charge in [0.2, 0.25) is 0 Å². The first kappa shape index (κ1) is 15.4. The van der Waals surface area contributed by atoms with Crippen molar-refractivity contribution in [3.63, 3.8) is 0 Å². The first-order valence-electron chi connectivity index (χ1n) is 6.31. The van der Waals surface area contributed by atoms with Gasteiger partial charge in [-0.3, -0.25) is 0 Å².